The normalized spacial score (nSPS) is 15.0. The lowest BCUT2D eigenvalue weighted by molar-refractivity contribution is 0.110. The number of benzene rings is 1. The molecule has 0 atom stereocenters. The van der Waals surface area contributed by atoms with Crippen molar-refractivity contribution >= 4 is 12.1 Å². The van der Waals surface area contributed by atoms with Gasteiger partial charge < -0.3 is 9.47 Å². The van der Waals surface area contributed by atoms with Crippen LogP contribution in [0.15, 0.2) is 46.8 Å². The van der Waals surface area contributed by atoms with Crippen LogP contribution in [0.25, 0.3) is 0 Å². The molecule has 0 aliphatic carbocycles. The minimum Gasteiger partial charge on any atom is -0.486 e. The summed E-state index contributed by atoms with van der Waals surface area (Å²) in [5.41, 5.74) is 0.886. The van der Waals surface area contributed by atoms with E-state index < -0.39 is 0 Å². The fourth-order valence-corrected chi connectivity index (χ4v) is 1.30. The van der Waals surface area contributed by atoms with Crippen LogP contribution in [0.5, 0.6) is 0 Å². The highest BCUT2D eigenvalue weighted by molar-refractivity contribution is 5.56. The summed E-state index contributed by atoms with van der Waals surface area (Å²) in [5, 5.41) is 0. The van der Waals surface area contributed by atoms with Crippen LogP contribution in [-0.2, 0) is 9.47 Å². The zero-order chi connectivity index (χ0) is 10.5. The minimum atomic E-state index is 0.560. The van der Waals surface area contributed by atoms with Crippen molar-refractivity contribution in [2.24, 2.45) is 4.99 Å². The monoisotopic (exact) mass is 203 g/mol. The van der Waals surface area contributed by atoms with Gasteiger partial charge in [-0.3, -0.25) is 0 Å². The van der Waals surface area contributed by atoms with Gasteiger partial charge in [-0.25, -0.2) is 4.99 Å². The quantitative estimate of drug-likeness (QED) is 0.556. The van der Waals surface area contributed by atoms with Gasteiger partial charge in [0.25, 0.3) is 0 Å². The van der Waals surface area contributed by atoms with Crippen LogP contribution in [0.4, 0.5) is 5.69 Å². The van der Waals surface area contributed by atoms with Crippen LogP contribution in [0.3, 0.4) is 0 Å². The Morgan fingerprint density at radius 3 is 2.80 bits per heavy atom. The highest BCUT2D eigenvalue weighted by Gasteiger charge is 2.18. The number of aliphatic imine (C=N–C) groups is 1. The standard InChI is InChI=1S/C12H13NO2/c1-2-11-12(8-14-11)15-9-13-10-6-4-3-5-7-10/h3-7,9H,2,8H2,1H3. The largest absolute Gasteiger partial charge is 0.486 e. The summed E-state index contributed by atoms with van der Waals surface area (Å²) in [4.78, 5) is 4.16. The van der Waals surface area contributed by atoms with Crippen LogP contribution in [0.2, 0.25) is 0 Å². The zero-order valence-corrected chi connectivity index (χ0v) is 8.64. The van der Waals surface area contributed by atoms with E-state index in [0.717, 1.165) is 23.6 Å². The van der Waals surface area contributed by atoms with E-state index in [1.54, 1.807) is 0 Å². The van der Waals surface area contributed by atoms with Crippen molar-refractivity contribution in [3.63, 3.8) is 0 Å². The molecule has 1 aromatic carbocycles. The van der Waals surface area contributed by atoms with Crippen molar-refractivity contribution in [2.45, 2.75) is 13.3 Å². The average Bonchev–Trinajstić information content (AvgIpc) is 2.25. The van der Waals surface area contributed by atoms with Gasteiger partial charge >= 0.3 is 0 Å². The Morgan fingerprint density at radius 1 is 1.40 bits per heavy atom. The Kier molecular flexibility index (Phi) is 3.02. The maximum absolute atomic E-state index is 5.35. The number of allylic oxidation sites excluding steroid dienone is 1. The molecule has 1 aromatic rings. The molecule has 15 heavy (non-hydrogen) atoms. The first kappa shape index (κ1) is 9.77. The molecule has 1 aliphatic rings. The van der Waals surface area contributed by atoms with Crippen LogP contribution >= 0.6 is 0 Å². The van der Waals surface area contributed by atoms with E-state index in [4.69, 9.17) is 9.47 Å². The molecular weight excluding hydrogens is 190 g/mol. The number of rotatable bonds is 4. The van der Waals surface area contributed by atoms with Gasteiger partial charge in [0.2, 0.25) is 0 Å². The Hall–Kier alpha value is -1.77. The second-order valence-electron chi connectivity index (χ2n) is 3.18. The molecule has 0 fully saturated rings. The second-order valence-corrected chi connectivity index (χ2v) is 3.18. The van der Waals surface area contributed by atoms with E-state index in [1.807, 2.05) is 37.3 Å². The molecule has 1 heterocycles. The number of para-hydroxylation sites is 1. The first-order valence-electron chi connectivity index (χ1n) is 4.99. The summed E-state index contributed by atoms with van der Waals surface area (Å²) in [7, 11) is 0. The Bertz CT molecular complexity index is 382. The van der Waals surface area contributed by atoms with Gasteiger partial charge in [-0.1, -0.05) is 25.1 Å². The Labute approximate surface area is 89.0 Å². The summed E-state index contributed by atoms with van der Waals surface area (Å²) >= 11 is 0. The van der Waals surface area contributed by atoms with E-state index in [9.17, 15) is 0 Å². The van der Waals surface area contributed by atoms with Crippen molar-refractivity contribution in [3.8, 4) is 0 Å². The molecule has 1 aliphatic heterocycles. The summed E-state index contributed by atoms with van der Waals surface area (Å²) in [5.74, 6) is 1.81. The molecule has 0 unspecified atom stereocenters. The highest BCUT2D eigenvalue weighted by Crippen LogP contribution is 2.21. The second kappa shape index (κ2) is 4.64. The smallest absolute Gasteiger partial charge is 0.181 e. The third kappa shape index (κ3) is 2.37. The van der Waals surface area contributed by atoms with Crippen molar-refractivity contribution < 1.29 is 9.47 Å². The van der Waals surface area contributed by atoms with Crippen molar-refractivity contribution in [1.29, 1.82) is 0 Å². The van der Waals surface area contributed by atoms with Crippen LogP contribution in [-0.4, -0.2) is 13.0 Å². The van der Waals surface area contributed by atoms with Crippen LogP contribution in [0, 0.1) is 0 Å². The zero-order valence-electron chi connectivity index (χ0n) is 8.64. The maximum atomic E-state index is 5.35. The third-order valence-corrected chi connectivity index (χ3v) is 2.16. The van der Waals surface area contributed by atoms with E-state index in [1.165, 1.54) is 6.40 Å². The molecule has 0 saturated carbocycles. The van der Waals surface area contributed by atoms with Crippen molar-refractivity contribution in [2.75, 3.05) is 6.61 Å². The molecule has 0 N–H and O–H groups in total. The fourth-order valence-electron chi connectivity index (χ4n) is 1.30. The van der Waals surface area contributed by atoms with Gasteiger partial charge in [-0.05, 0) is 12.1 Å². The molecule has 0 saturated heterocycles. The summed E-state index contributed by atoms with van der Waals surface area (Å²) in [6, 6.07) is 9.68. The molecule has 0 spiro atoms. The average molecular weight is 203 g/mol. The van der Waals surface area contributed by atoms with Gasteiger partial charge in [-0.2, -0.15) is 0 Å². The maximum Gasteiger partial charge on any atom is 0.181 e. The molecule has 0 amide bonds. The van der Waals surface area contributed by atoms with Gasteiger partial charge in [0, 0.05) is 6.42 Å². The van der Waals surface area contributed by atoms with E-state index in [-0.39, 0.29) is 0 Å². The molecule has 0 radical (unpaired) electrons. The highest BCUT2D eigenvalue weighted by atomic mass is 16.6. The van der Waals surface area contributed by atoms with Gasteiger partial charge in [0.15, 0.2) is 12.2 Å². The topological polar surface area (TPSA) is 30.8 Å². The predicted molar refractivity (Wildman–Crippen MR) is 58.9 cm³/mol. The molecule has 0 bridgehead atoms. The lowest BCUT2D eigenvalue weighted by Gasteiger charge is -2.21. The Morgan fingerprint density at radius 2 is 2.20 bits per heavy atom. The number of ether oxygens (including phenoxy) is 2. The van der Waals surface area contributed by atoms with Crippen LogP contribution in [0.1, 0.15) is 13.3 Å². The fraction of sp³-hybridized carbons (Fsp3) is 0.250. The number of hydrogen-bond donors (Lipinski definition) is 0. The summed E-state index contributed by atoms with van der Waals surface area (Å²) in [6.07, 6.45) is 2.33. The lowest BCUT2D eigenvalue weighted by atomic mass is 10.3. The van der Waals surface area contributed by atoms with Crippen molar-refractivity contribution in [3.05, 3.63) is 41.9 Å². The predicted octanol–water partition coefficient (Wildman–Crippen LogP) is 3.01. The summed E-state index contributed by atoms with van der Waals surface area (Å²) < 4.78 is 10.5. The minimum absolute atomic E-state index is 0.560. The summed E-state index contributed by atoms with van der Waals surface area (Å²) in [6.45, 7) is 2.59. The Balaban J connectivity index is 1.91. The van der Waals surface area contributed by atoms with E-state index in [0.29, 0.717) is 6.61 Å². The van der Waals surface area contributed by atoms with Gasteiger partial charge in [0.1, 0.15) is 12.4 Å². The molecule has 3 heteroatoms. The molecular formula is C12H13NO2. The first-order valence-corrected chi connectivity index (χ1v) is 4.99. The van der Waals surface area contributed by atoms with Gasteiger partial charge in [0.05, 0.1) is 5.69 Å². The van der Waals surface area contributed by atoms with Crippen LogP contribution < -0.4 is 0 Å². The molecule has 3 nitrogen and oxygen atoms in total. The lowest BCUT2D eigenvalue weighted by Crippen LogP contribution is -2.15. The molecule has 78 valence electrons. The van der Waals surface area contributed by atoms with Gasteiger partial charge in [-0.15, -0.1) is 0 Å². The third-order valence-electron chi connectivity index (χ3n) is 2.16. The SMILES string of the molecule is CCC1=C(OC=Nc2ccccc2)CO1. The van der Waals surface area contributed by atoms with E-state index >= 15 is 0 Å². The number of hydrogen-bond acceptors (Lipinski definition) is 3. The number of nitrogens with zero attached hydrogens (tertiary/aromatic N) is 1. The first-order chi connectivity index (χ1) is 7.40. The van der Waals surface area contributed by atoms with Crippen molar-refractivity contribution in [1.82, 2.24) is 0 Å². The molecule has 2 rings (SSSR count). The van der Waals surface area contributed by atoms with E-state index in [2.05, 4.69) is 4.99 Å². The molecule has 0 aromatic heterocycles.